The topological polar surface area (TPSA) is 89.0 Å². The van der Waals surface area contributed by atoms with Gasteiger partial charge in [-0.25, -0.2) is 9.97 Å². The third-order valence-corrected chi connectivity index (χ3v) is 6.37. The van der Waals surface area contributed by atoms with Gasteiger partial charge in [0, 0.05) is 30.2 Å². The van der Waals surface area contributed by atoms with Crippen LogP contribution in [0.1, 0.15) is 0 Å². The largest absolute Gasteiger partial charge is 0.504 e. The van der Waals surface area contributed by atoms with E-state index in [0.717, 1.165) is 25.4 Å². The third-order valence-electron chi connectivity index (χ3n) is 5.64. The van der Waals surface area contributed by atoms with E-state index in [1.807, 2.05) is 0 Å². The number of hydrogen-bond donors (Lipinski definition) is 2. The number of aromatic hydroxyl groups is 1. The van der Waals surface area contributed by atoms with Gasteiger partial charge in [0.2, 0.25) is 0 Å². The van der Waals surface area contributed by atoms with Crippen molar-refractivity contribution in [3.63, 3.8) is 0 Å². The lowest BCUT2D eigenvalue weighted by molar-refractivity contribution is -0.124. The molecule has 1 aromatic heterocycles. The van der Waals surface area contributed by atoms with E-state index in [4.69, 9.17) is 37.4 Å². The molecule has 2 fully saturated rings. The first-order valence-corrected chi connectivity index (χ1v) is 11.1. The zero-order valence-electron chi connectivity index (χ0n) is 17.1. The van der Waals surface area contributed by atoms with Gasteiger partial charge < -0.3 is 24.6 Å². The minimum absolute atomic E-state index is 0.00421. The van der Waals surface area contributed by atoms with Gasteiger partial charge in [0.15, 0.2) is 11.5 Å². The summed E-state index contributed by atoms with van der Waals surface area (Å²) in [6.07, 6.45) is 1.38. The van der Waals surface area contributed by atoms with E-state index in [1.54, 1.807) is 30.3 Å². The quantitative estimate of drug-likeness (QED) is 0.573. The smallest absolute Gasteiger partial charge is 0.163 e. The molecule has 2 atom stereocenters. The maximum atomic E-state index is 10.6. The lowest BCUT2D eigenvalue weighted by atomic mass is 10.1. The number of morpholine rings is 2. The van der Waals surface area contributed by atoms with Crippen LogP contribution in [0.5, 0.6) is 11.5 Å². The minimum Gasteiger partial charge on any atom is -0.504 e. The number of ether oxygens (including phenoxy) is 3. The SMILES string of the molecule is Oc1cc2c(Nc3ccc(Cl)c(Cl)c3)ncnc2cc1OCC1CN2CCOCC2CO1. The Balaban J connectivity index is 1.31. The fourth-order valence-corrected chi connectivity index (χ4v) is 4.22. The number of anilines is 2. The molecule has 0 aliphatic carbocycles. The van der Waals surface area contributed by atoms with Gasteiger partial charge in [-0.05, 0) is 24.3 Å². The normalized spacial score (nSPS) is 21.3. The van der Waals surface area contributed by atoms with E-state index in [9.17, 15) is 5.11 Å². The fraction of sp³-hybridized carbons (Fsp3) is 0.364. The highest BCUT2D eigenvalue weighted by Gasteiger charge is 2.31. The molecule has 0 amide bonds. The molecule has 2 saturated heterocycles. The molecule has 5 rings (SSSR count). The molecular weight excluding hydrogens is 455 g/mol. The first-order valence-electron chi connectivity index (χ1n) is 10.3. The highest BCUT2D eigenvalue weighted by Crippen LogP contribution is 2.35. The Bertz CT molecular complexity index is 1130. The Labute approximate surface area is 195 Å². The number of benzene rings is 2. The molecular formula is C22H22Cl2N4O4. The first-order chi connectivity index (χ1) is 15.6. The van der Waals surface area contributed by atoms with Crippen molar-refractivity contribution in [3.8, 4) is 11.5 Å². The van der Waals surface area contributed by atoms with Gasteiger partial charge in [0.25, 0.3) is 0 Å². The third kappa shape index (κ3) is 4.55. The van der Waals surface area contributed by atoms with Crippen molar-refractivity contribution in [3.05, 3.63) is 46.7 Å². The molecule has 8 nitrogen and oxygen atoms in total. The monoisotopic (exact) mass is 476 g/mol. The van der Waals surface area contributed by atoms with Crippen LogP contribution in [0, 0.1) is 0 Å². The number of rotatable bonds is 5. The van der Waals surface area contributed by atoms with E-state index in [0.29, 0.717) is 58.4 Å². The molecule has 10 heteroatoms. The van der Waals surface area contributed by atoms with Crippen LogP contribution < -0.4 is 10.1 Å². The Hall–Kier alpha value is -2.36. The van der Waals surface area contributed by atoms with Crippen LogP contribution in [-0.4, -0.2) is 71.6 Å². The summed E-state index contributed by atoms with van der Waals surface area (Å²) in [7, 11) is 0. The Kier molecular flexibility index (Phi) is 6.21. The Morgan fingerprint density at radius 3 is 2.94 bits per heavy atom. The van der Waals surface area contributed by atoms with E-state index in [-0.39, 0.29) is 11.9 Å². The second-order valence-electron chi connectivity index (χ2n) is 7.80. The summed E-state index contributed by atoms with van der Waals surface area (Å²) >= 11 is 12.1. The zero-order chi connectivity index (χ0) is 22.1. The number of phenols is 1. The lowest BCUT2D eigenvalue weighted by Gasteiger charge is -2.41. The van der Waals surface area contributed by atoms with Crippen LogP contribution in [0.4, 0.5) is 11.5 Å². The maximum Gasteiger partial charge on any atom is 0.163 e. The summed E-state index contributed by atoms with van der Waals surface area (Å²) in [5, 5.41) is 15.3. The van der Waals surface area contributed by atoms with Gasteiger partial charge in [-0.1, -0.05) is 23.2 Å². The van der Waals surface area contributed by atoms with Crippen molar-refractivity contribution < 1.29 is 19.3 Å². The zero-order valence-corrected chi connectivity index (χ0v) is 18.6. The summed E-state index contributed by atoms with van der Waals surface area (Å²) in [5.41, 5.74) is 1.35. The van der Waals surface area contributed by atoms with Crippen molar-refractivity contribution in [1.29, 1.82) is 0 Å². The molecule has 2 unspecified atom stereocenters. The summed E-state index contributed by atoms with van der Waals surface area (Å²) in [4.78, 5) is 11.0. The standard InChI is InChI=1S/C22H22Cl2N4O4/c23-17-2-1-13(5-18(17)24)27-22-16-6-20(29)21(7-19(16)25-12-26-22)32-11-15-8-28-3-4-30-9-14(28)10-31-15/h1-2,5-7,12,14-15,29H,3-4,8-11H2,(H,25,26,27). The average Bonchev–Trinajstić information content (AvgIpc) is 2.80. The second-order valence-corrected chi connectivity index (χ2v) is 8.62. The highest BCUT2D eigenvalue weighted by atomic mass is 35.5. The molecule has 3 heterocycles. The van der Waals surface area contributed by atoms with Crippen LogP contribution in [0.15, 0.2) is 36.7 Å². The molecule has 0 saturated carbocycles. The molecule has 168 valence electrons. The number of halogens is 2. The summed E-state index contributed by atoms with van der Waals surface area (Å²) in [5.74, 6) is 0.887. The number of fused-ring (bicyclic) bond motifs is 2. The van der Waals surface area contributed by atoms with Crippen LogP contribution in [0.25, 0.3) is 10.9 Å². The molecule has 2 aliphatic heterocycles. The number of phenolic OH excluding ortho intramolecular Hbond substituents is 1. The summed E-state index contributed by atoms with van der Waals surface area (Å²) < 4.78 is 17.3. The maximum absolute atomic E-state index is 10.6. The second kappa shape index (κ2) is 9.25. The molecule has 0 radical (unpaired) electrons. The Morgan fingerprint density at radius 2 is 2.06 bits per heavy atom. The fourth-order valence-electron chi connectivity index (χ4n) is 3.93. The van der Waals surface area contributed by atoms with Crippen LogP contribution in [0.2, 0.25) is 10.0 Å². The number of aromatic nitrogens is 2. The van der Waals surface area contributed by atoms with Crippen molar-refractivity contribution in [2.45, 2.75) is 12.1 Å². The molecule has 0 bridgehead atoms. The Morgan fingerprint density at radius 1 is 1.16 bits per heavy atom. The molecule has 3 aromatic rings. The molecule has 32 heavy (non-hydrogen) atoms. The van der Waals surface area contributed by atoms with Gasteiger partial charge in [0.05, 0.1) is 41.4 Å². The van der Waals surface area contributed by atoms with Crippen molar-refractivity contribution >= 4 is 45.6 Å². The number of nitrogens with zero attached hydrogens (tertiary/aromatic N) is 3. The van der Waals surface area contributed by atoms with E-state index in [1.165, 1.54) is 6.33 Å². The average molecular weight is 477 g/mol. The van der Waals surface area contributed by atoms with Gasteiger partial charge in [-0.3, -0.25) is 4.90 Å². The highest BCUT2D eigenvalue weighted by molar-refractivity contribution is 6.42. The van der Waals surface area contributed by atoms with Gasteiger partial charge in [-0.15, -0.1) is 0 Å². The van der Waals surface area contributed by atoms with Gasteiger partial charge in [-0.2, -0.15) is 0 Å². The van der Waals surface area contributed by atoms with Crippen molar-refractivity contribution in [1.82, 2.24) is 14.9 Å². The van der Waals surface area contributed by atoms with Crippen molar-refractivity contribution in [2.75, 3.05) is 44.8 Å². The molecule has 2 N–H and O–H groups in total. The predicted octanol–water partition coefficient (Wildman–Crippen LogP) is 3.86. The van der Waals surface area contributed by atoms with Crippen LogP contribution in [0.3, 0.4) is 0 Å². The molecule has 2 aliphatic rings. The summed E-state index contributed by atoms with van der Waals surface area (Å²) in [6.45, 7) is 4.09. The van der Waals surface area contributed by atoms with Crippen molar-refractivity contribution in [2.24, 2.45) is 0 Å². The number of nitrogens with one attached hydrogen (secondary N) is 1. The van der Waals surface area contributed by atoms with Gasteiger partial charge in [0.1, 0.15) is 24.9 Å². The van der Waals surface area contributed by atoms with Crippen LogP contribution >= 0.6 is 23.2 Å². The molecule has 0 spiro atoms. The minimum atomic E-state index is -0.0725. The predicted molar refractivity (Wildman–Crippen MR) is 122 cm³/mol. The summed E-state index contributed by atoms with van der Waals surface area (Å²) in [6, 6.07) is 8.80. The van der Waals surface area contributed by atoms with E-state index >= 15 is 0 Å². The van der Waals surface area contributed by atoms with Crippen LogP contribution in [-0.2, 0) is 9.47 Å². The van der Waals surface area contributed by atoms with E-state index < -0.39 is 0 Å². The van der Waals surface area contributed by atoms with Gasteiger partial charge >= 0.3 is 0 Å². The van der Waals surface area contributed by atoms with E-state index in [2.05, 4.69) is 20.2 Å². The first kappa shape index (κ1) is 21.5. The number of hydrogen-bond acceptors (Lipinski definition) is 8. The molecule has 2 aromatic carbocycles. The lowest BCUT2D eigenvalue weighted by Crippen LogP contribution is -2.56.